The van der Waals surface area contributed by atoms with Crippen LogP contribution >= 0.6 is 0 Å². The number of carbonyl (C=O) groups is 2. The number of benzene rings is 2. The van der Waals surface area contributed by atoms with Crippen molar-refractivity contribution in [3.05, 3.63) is 77.4 Å². The van der Waals surface area contributed by atoms with Gasteiger partial charge in [-0.05, 0) is 55.0 Å². The molecule has 194 valence electrons. The molecule has 1 aliphatic rings. The smallest absolute Gasteiger partial charge is 0.421 e. The molecule has 3 aromatic rings. The van der Waals surface area contributed by atoms with E-state index < -0.39 is 35.4 Å². The molecule has 2 amide bonds. The summed E-state index contributed by atoms with van der Waals surface area (Å²) in [6, 6.07) is 9.53. The summed E-state index contributed by atoms with van der Waals surface area (Å²) in [6.45, 7) is 2.34. The monoisotopic (exact) mass is 522 g/mol. The van der Waals surface area contributed by atoms with Crippen molar-refractivity contribution < 1.29 is 41.0 Å². The van der Waals surface area contributed by atoms with Gasteiger partial charge in [0.05, 0.1) is 5.56 Å². The Labute approximate surface area is 206 Å². The highest BCUT2D eigenvalue weighted by atomic mass is 19.3. The van der Waals surface area contributed by atoms with Crippen LogP contribution in [0.3, 0.4) is 0 Å². The van der Waals surface area contributed by atoms with Crippen LogP contribution in [0.2, 0.25) is 0 Å². The van der Waals surface area contributed by atoms with Gasteiger partial charge in [-0.3, -0.25) is 14.6 Å². The zero-order chi connectivity index (χ0) is 26.8. The number of ether oxygens (including phenoxy) is 2. The van der Waals surface area contributed by atoms with Crippen LogP contribution in [-0.4, -0.2) is 35.6 Å². The van der Waals surface area contributed by atoms with Gasteiger partial charge in [-0.1, -0.05) is 0 Å². The Morgan fingerprint density at radius 2 is 1.65 bits per heavy atom. The predicted octanol–water partition coefficient (Wildman–Crippen LogP) is 4.79. The van der Waals surface area contributed by atoms with E-state index >= 15 is 0 Å². The molecule has 0 spiro atoms. The molecule has 3 N–H and O–H groups in total. The second-order valence-corrected chi connectivity index (χ2v) is 7.81. The molecule has 0 radical (unpaired) electrons. The van der Waals surface area contributed by atoms with Crippen LogP contribution in [0.15, 0.2) is 54.7 Å². The maximum absolute atomic E-state index is 14.0. The van der Waals surface area contributed by atoms with Crippen molar-refractivity contribution in [3.8, 4) is 11.5 Å². The molecule has 1 aromatic heterocycles. The number of aromatic nitrogens is 1. The molecular weight excluding hydrogens is 503 g/mol. The molecule has 1 aliphatic heterocycles. The minimum Gasteiger partial charge on any atom is -0.421 e. The maximum atomic E-state index is 14.0. The lowest BCUT2D eigenvalue weighted by Crippen LogP contribution is -2.52. The summed E-state index contributed by atoms with van der Waals surface area (Å²) in [5, 5.41) is 7.99. The summed E-state index contributed by atoms with van der Waals surface area (Å²) in [5.74, 6) is -3.26. The Hall–Kier alpha value is -4.42. The molecule has 0 unspecified atom stereocenters. The number of amides is 2. The third kappa shape index (κ3) is 5.55. The van der Waals surface area contributed by atoms with Gasteiger partial charge in [0.1, 0.15) is 11.5 Å². The molecule has 37 heavy (non-hydrogen) atoms. The lowest BCUT2D eigenvalue weighted by Gasteiger charge is -2.31. The lowest BCUT2D eigenvalue weighted by molar-refractivity contribution is -0.391. The number of nitrogens with one attached hydrogen (secondary N) is 3. The Bertz CT molecular complexity index is 1350. The molecule has 0 aliphatic carbocycles. The Balaban J connectivity index is 1.51. The van der Waals surface area contributed by atoms with E-state index in [-0.39, 0.29) is 35.1 Å². The van der Waals surface area contributed by atoms with Crippen LogP contribution in [0, 0.1) is 5.82 Å². The molecule has 0 atom stereocenters. The van der Waals surface area contributed by atoms with Crippen molar-refractivity contribution in [2.75, 3.05) is 17.2 Å². The van der Waals surface area contributed by atoms with E-state index in [1.807, 2.05) is 0 Å². The quantitative estimate of drug-likeness (QED) is 0.386. The average molecular weight is 522 g/mol. The molecule has 13 heteroatoms. The molecular formula is C24H19F5N4O4. The van der Waals surface area contributed by atoms with Gasteiger partial charge < -0.3 is 25.4 Å². The van der Waals surface area contributed by atoms with Crippen LogP contribution in [0.25, 0.3) is 0 Å². The van der Waals surface area contributed by atoms with Crippen LogP contribution in [0.1, 0.15) is 33.3 Å². The van der Waals surface area contributed by atoms with Gasteiger partial charge >= 0.3 is 12.2 Å². The number of fused-ring (bicyclic) bond motifs is 1. The minimum absolute atomic E-state index is 0.0933. The van der Waals surface area contributed by atoms with Gasteiger partial charge in [-0.2, -0.15) is 17.6 Å². The number of rotatable bonds is 7. The summed E-state index contributed by atoms with van der Waals surface area (Å²) in [6.07, 6.45) is -8.35. The van der Waals surface area contributed by atoms with E-state index in [0.717, 1.165) is 30.3 Å². The van der Waals surface area contributed by atoms with Crippen molar-refractivity contribution >= 4 is 23.2 Å². The topological polar surface area (TPSA) is 102 Å². The van der Waals surface area contributed by atoms with Gasteiger partial charge in [-0.15, -0.1) is 0 Å². The molecule has 2 heterocycles. The van der Waals surface area contributed by atoms with E-state index in [9.17, 15) is 31.5 Å². The van der Waals surface area contributed by atoms with E-state index in [1.165, 1.54) is 12.3 Å². The summed E-state index contributed by atoms with van der Waals surface area (Å²) >= 11 is 0. The number of anilines is 2. The fraction of sp³-hybridized carbons (Fsp3) is 0.208. The van der Waals surface area contributed by atoms with Crippen molar-refractivity contribution in [2.24, 2.45) is 0 Å². The largest absolute Gasteiger partial charge is 0.507 e. The normalized spacial score (nSPS) is 15.0. The van der Waals surface area contributed by atoms with E-state index in [4.69, 9.17) is 0 Å². The first kappa shape index (κ1) is 25.7. The number of hydrogen-bond acceptors (Lipinski definition) is 6. The van der Waals surface area contributed by atoms with E-state index in [2.05, 4.69) is 30.4 Å². The summed E-state index contributed by atoms with van der Waals surface area (Å²) in [7, 11) is 0. The van der Waals surface area contributed by atoms with E-state index in [1.54, 1.807) is 19.1 Å². The van der Waals surface area contributed by atoms with Gasteiger partial charge in [-0.25, -0.2) is 4.39 Å². The maximum Gasteiger partial charge on any atom is 0.507 e. The number of alkyl halides is 4. The third-order valence-corrected chi connectivity index (χ3v) is 5.12. The fourth-order valence-electron chi connectivity index (χ4n) is 3.36. The third-order valence-electron chi connectivity index (χ3n) is 5.12. The van der Waals surface area contributed by atoms with E-state index in [0.29, 0.717) is 12.1 Å². The molecule has 0 saturated heterocycles. The zero-order valence-corrected chi connectivity index (χ0v) is 19.1. The Kier molecular flexibility index (Phi) is 6.88. The first-order chi connectivity index (χ1) is 17.5. The average Bonchev–Trinajstić information content (AvgIpc) is 2.84. The number of hydrogen-bond donors (Lipinski definition) is 3. The highest BCUT2D eigenvalue weighted by Gasteiger charge is 2.65. The van der Waals surface area contributed by atoms with Crippen LogP contribution < -0.4 is 25.4 Å². The highest BCUT2D eigenvalue weighted by molar-refractivity contribution is 6.08. The Morgan fingerprint density at radius 3 is 2.38 bits per heavy atom. The summed E-state index contributed by atoms with van der Waals surface area (Å²) in [5.41, 5.74) is 0.838. The number of carbonyl (C=O) groups excluding carboxylic acids is 2. The van der Waals surface area contributed by atoms with Crippen LogP contribution in [0.5, 0.6) is 11.5 Å². The van der Waals surface area contributed by atoms with Crippen molar-refractivity contribution in [1.82, 2.24) is 10.3 Å². The minimum atomic E-state index is -4.92. The van der Waals surface area contributed by atoms with Gasteiger partial charge in [0, 0.05) is 36.7 Å². The summed E-state index contributed by atoms with van der Waals surface area (Å²) in [4.78, 5) is 28.9. The number of pyridine rings is 1. The summed E-state index contributed by atoms with van der Waals surface area (Å²) < 4.78 is 75.7. The molecule has 0 saturated carbocycles. The predicted molar refractivity (Wildman–Crippen MR) is 122 cm³/mol. The second kappa shape index (κ2) is 9.91. The standard InChI is InChI=1S/C24H19F5N4O4/c1-2-30-22(35)18-9-13(7-8-31-18)12-32-17-5-3-14(25)10-16(17)21(34)33-15-4-6-19-20(11-15)37-24(28,29)23(26,27)36-19/h3-11,32H,2,12H2,1H3,(H,30,35)(H,33,34). The van der Waals surface area contributed by atoms with Crippen molar-refractivity contribution in [3.63, 3.8) is 0 Å². The first-order valence-electron chi connectivity index (χ1n) is 10.8. The molecule has 8 nitrogen and oxygen atoms in total. The molecule has 0 bridgehead atoms. The first-order valence-corrected chi connectivity index (χ1v) is 10.8. The molecule has 2 aromatic carbocycles. The Morgan fingerprint density at radius 1 is 0.919 bits per heavy atom. The second-order valence-electron chi connectivity index (χ2n) is 7.81. The van der Waals surface area contributed by atoms with Crippen molar-refractivity contribution in [2.45, 2.75) is 25.7 Å². The number of halogens is 5. The SMILES string of the molecule is CCNC(=O)c1cc(CNc2ccc(F)cc2C(=O)Nc2ccc3c(c2)OC(F)(F)C(F)(F)O3)ccn1. The highest BCUT2D eigenvalue weighted by Crippen LogP contribution is 2.47. The fourth-order valence-corrected chi connectivity index (χ4v) is 3.36. The van der Waals surface area contributed by atoms with Gasteiger partial charge in [0.15, 0.2) is 11.5 Å². The molecule has 4 rings (SSSR count). The van der Waals surface area contributed by atoms with Crippen LogP contribution in [-0.2, 0) is 6.54 Å². The van der Waals surface area contributed by atoms with Crippen molar-refractivity contribution in [1.29, 1.82) is 0 Å². The lowest BCUT2D eigenvalue weighted by atomic mass is 10.1. The molecule has 0 fully saturated rings. The zero-order valence-electron chi connectivity index (χ0n) is 19.1. The van der Waals surface area contributed by atoms with Gasteiger partial charge in [0.2, 0.25) is 0 Å². The van der Waals surface area contributed by atoms with Crippen LogP contribution in [0.4, 0.5) is 33.3 Å². The number of nitrogens with zero attached hydrogens (tertiary/aromatic N) is 1. The van der Waals surface area contributed by atoms with Gasteiger partial charge in [0.25, 0.3) is 11.8 Å².